The minimum Gasteiger partial charge on any atom is -0.388 e. The molecular formula is C14H29NO4. The number of methoxy groups -OCH3 is 1. The van der Waals surface area contributed by atoms with Crippen molar-refractivity contribution >= 4 is 0 Å². The first-order chi connectivity index (χ1) is 9.17. The van der Waals surface area contributed by atoms with Crippen molar-refractivity contribution in [3.8, 4) is 0 Å². The molecule has 0 saturated heterocycles. The predicted octanol–water partition coefficient (Wildman–Crippen LogP) is 0.946. The van der Waals surface area contributed by atoms with Crippen LogP contribution in [0.4, 0.5) is 0 Å². The third-order valence-electron chi connectivity index (χ3n) is 3.55. The number of aliphatic hydroxyl groups is 1. The Balaban J connectivity index is 2.16. The highest BCUT2D eigenvalue weighted by Crippen LogP contribution is 2.21. The molecule has 1 saturated carbocycles. The van der Waals surface area contributed by atoms with Gasteiger partial charge in [0.15, 0.2) is 0 Å². The number of rotatable bonds is 9. The molecular weight excluding hydrogens is 246 g/mol. The van der Waals surface area contributed by atoms with Crippen LogP contribution in [0.2, 0.25) is 0 Å². The minimum absolute atomic E-state index is 0.000567. The average Bonchev–Trinajstić information content (AvgIpc) is 2.43. The normalized spacial score (nSPS) is 27.2. The molecule has 1 aliphatic rings. The first-order valence-electron chi connectivity index (χ1n) is 7.24. The van der Waals surface area contributed by atoms with Gasteiger partial charge in [-0.15, -0.1) is 0 Å². The second-order valence-corrected chi connectivity index (χ2v) is 5.30. The van der Waals surface area contributed by atoms with Crippen LogP contribution in [0.25, 0.3) is 0 Å². The summed E-state index contributed by atoms with van der Waals surface area (Å²) in [4.78, 5) is 0. The maximum absolute atomic E-state index is 9.84. The van der Waals surface area contributed by atoms with E-state index in [0.29, 0.717) is 25.9 Å². The van der Waals surface area contributed by atoms with Crippen LogP contribution < -0.4 is 5.32 Å². The molecule has 1 fully saturated rings. The third-order valence-corrected chi connectivity index (χ3v) is 3.55. The summed E-state index contributed by atoms with van der Waals surface area (Å²) in [6.07, 6.45) is 4.33. The number of aliphatic hydroxyl groups excluding tert-OH is 1. The first-order valence-corrected chi connectivity index (χ1v) is 7.24. The van der Waals surface area contributed by atoms with Gasteiger partial charge in [0, 0.05) is 13.2 Å². The lowest BCUT2D eigenvalue weighted by molar-refractivity contribution is -0.0802. The number of likely N-dealkylation sites (N-methyl/N-ethyl adjacent to an activating group) is 1. The molecule has 1 aliphatic carbocycles. The fourth-order valence-electron chi connectivity index (χ4n) is 2.47. The molecule has 4 unspecified atom stereocenters. The highest BCUT2D eigenvalue weighted by molar-refractivity contribution is 4.80. The van der Waals surface area contributed by atoms with Crippen molar-refractivity contribution in [3.63, 3.8) is 0 Å². The predicted molar refractivity (Wildman–Crippen MR) is 74.4 cm³/mol. The molecule has 2 N–H and O–H groups in total. The van der Waals surface area contributed by atoms with Gasteiger partial charge in [-0.1, -0.05) is 12.8 Å². The topological polar surface area (TPSA) is 60.0 Å². The molecule has 0 spiro atoms. The molecule has 0 amide bonds. The Hall–Kier alpha value is -0.200. The Bertz CT molecular complexity index is 227. The largest absolute Gasteiger partial charge is 0.388 e. The molecule has 0 aliphatic heterocycles. The monoisotopic (exact) mass is 275 g/mol. The summed E-state index contributed by atoms with van der Waals surface area (Å²) in [7, 11) is 3.61. The minimum atomic E-state index is -0.571. The smallest absolute Gasteiger partial charge is 0.101 e. The molecule has 0 aromatic rings. The van der Waals surface area contributed by atoms with Crippen molar-refractivity contribution in [2.24, 2.45) is 0 Å². The number of ether oxygens (including phenoxy) is 3. The van der Waals surface area contributed by atoms with Crippen LogP contribution in [0.1, 0.15) is 32.6 Å². The van der Waals surface area contributed by atoms with Crippen LogP contribution in [0.3, 0.4) is 0 Å². The zero-order valence-electron chi connectivity index (χ0n) is 12.4. The van der Waals surface area contributed by atoms with Gasteiger partial charge in [0.05, 0.1) is 32.0 Å². The van der Waals surface area contributed by atoms with E-state index < -0.39 is 6.10 Å². The Morgan fingerprint density at radius 1 is 1.21 bits per heavy atom. The lowest BCUT2D eigenvalue weighted by atomic mass is 9.92. The number of nitrogens with one attached hydrogen (secondary N) is 1. The van der Waals surface area contributed by atoms with E-state index in [1.807, 2.05) is 14.0 Å². The zero-order valence-corrected chi connectivity index (χ0v) is 12.4. The molecule has 5 nitrogen and oxygen atoms in total. The second kappa shape index (κ2) is 9.66. The summed E-state index contributed by atoms with van der Waals surface area (Å²) in [6.45, 7) is 3.09. The molecule has 0 aromatic carbocycles. The van der Waals surface area contributed by atoms with E-state index in [1.165, 1.54) is 12.8 Å². The lowest BCUT2D eigenvalue weighted by Gasteiger charge is -2.31. The maximum atomic E-state index is 9.84. The van der Waals surface area contributed by atoms with Gasteiger partial charge in [-0.05, 0) is 26.8 Å². The highest BCUT2D eigenvalue weighted by Gasteiger charge is 2.25. The molecule has 0 radical (unpaired) electrons. The van der Waals surface area contributed by atoms with Crippen LogP contribution in [0, 0.1) is 0 Å². The standard InChI is InChI=1S/C14H29NO4/c1-11(8-17-3)18-9-12(16)10-19-14-7-5-4-6-13(14)15-2/h11-16H,4-10H2,1-3H3. The molecule has 19 heavy (non-hydrogen) atoms. The average molecular weight is 275 g/mol. The number of hydrogen-bond acceptors (Lipinski definition) is 5. The summed E-state index contributed by atoms with van der Waals surface area (Å²) < 4.78 is 16.3. The van der Waals surface area contributed by atoms with Gasteiger partial charge in [0.25, 0.3) is 0 Å². The van der Waals surface area contributed by atoms with Crippen LogP contribution in [-0.4, -0.2) is 63.4 Å². The van der Waals surface area contributed by atoms with Gasteiger partial charge < -0.3 is 24.6 Å². The molecule has 1 rings (SSSR count). The Morgan fingerprint density at radius 2 is 1.95 bits per heavy atom. The highest BCUT2D eigenvalue weighted by atomic mass is 16.5. The van der Waals surface area contributed by atoms with Crippen LogP contribution >= 0.6 is 0 Å². The van der Waals surface area contributed by atoms with E-state index >= 15 is 0 Å². The van der Waals surface area contributed by atoms with Crippen molar-refractivity contribution in [2.75, 3.05) is 34.0 Å². The van der Waals surface area contributed by atoms with E-state index in [4.69, 9.17) is 14.2 Å². The first kappa shape index (κ1) is 16.9. The van der Waals surface area contributed by atoms with Crippen molar-refractivity contribution in [1.29, 1.82) is 0 Å². The van der Waals surface area contributed by atoms with Crippen molar-refractivity contribution in [3.05, 3.63) is 0 Å². The second-order valence-electron chi connectivity index (χ2n) is 5.30. The van der Waals surface area contributed by atoms with E-state index in [1.54, 1.807) is 7.11 Å². The van der Waals surface area contributed by atoms with Gasteiger partial charge in [0.2, 0.25) is 0 Å². The fourth-order valence-corrected chi connectivity index (χ4v) is 2.47. The summed E-state index contributed by atoms with van der Waals surface area (Å²) in [5, 5.41) is 13.1. The third kappa shape index (κ3) is 6.68. The Labute approximate surface area is 116 Å². The zero-order chi connectivity index (χ0) is 14.1. The summed E-state index contributed by atoms with van der Waals surface area (Å²) in [5.41, 5.74) is 0. The van der Waals surface area contributed by atoms with Gasteiger partial charge >= 0.3 is 0 Å². The van der Waals surface area contributed by atoms with E-state index in [2.05, 4.69) is 5.32 Å². The SMILES string of the molecule is CNC1CCCCC1OCC(O)COC(C)COC. The summed E-state index contributed by atoms with van der Waals surface area (Å²) in [5.74, 6) is 0. The quantitative estimate of drug-likeness (QED) is 0.656. The molecule has 0 heterocycles. The van der Waals surface area contributed by atoms with Gasteiger partial charge in [-0.25, -0.2) is 0 Å². The van der Waals surface area contributed by atoms with Gasteiger partial charge in [0.1, 0.15) is 6.10 Å². The van der Waals surface area contributed by atoms with E-state index in [9.17, 15) is 5.11 Å². The van der Waals surface area contributed by atoms with Crippen LogP contribution in [-0.2, 0) is 14.2 Å². The maximum Gasteiger partial charge on any atom is 0.101 e. The summed E-state index contributed by atoms with van der Waals surface area (Å²) >= 11 is 0. The van der Waals surface area contributed by atoms with E-state index in [0.717, 1.165) is 12.8 Å². The molecule has 114 valence electrons. The Kier molecular flexibility index (Phi) is 8.57. The van der Waals surface area contributed by atoms with Gasteiger partial charge in [-0.3, -0.25) is 0 Å². The number of hydrogen-bond donors (Lipinski definition) is 2. The van der Waals surface area contributed by atoms with Crippen LogP contribution in [0.5, 0.6) is 0 Å². The molecule has 5 heteroatoms. The molecule has 4 atom stereocenters. The lowest BCUT2D eigenvalue weighted by Crippen LogP contribution is -2.43. The fraction of sp³-hybridized carbons (Fsp3) is 1.00. The summed E-state index contributed by atoms with van der Waals surface area (Å²) in [6, 6.07) is 0.411. The molecule has 0 aromatic heterocycles. The van der Waals surface area contributed by atoms with Crippen molar-refractivity contribution < 1.29 is 19.3 Å². The molecule has 0 bridgehead atoms. The van der Waals surface area contributed by atoms with Crippen LogP contribution in [0.15, 0.2) is 0 Å². The van der Waals surface area contributed by atoms with E-state index in [-0.39, 0.29) is 12.2 Å². The van der Waals surface area contributed by atoms with Gasteiger partial charge in [-0.2, -0.15) is 0 Å². The van der Waals surface area contributed by atoms with Crippen molar-refractivity contribution in [2.45, 2.75) is 57.0 Å². The van der Waals surface area contributed by atoms with Crippen molar-refractivity contribution in [1.82, 2.24) is 5.32 Å². The Morgan fingerprint density at radius 3 is 2.63 bits per heavy atom.